The van der Waals surface area contributed by atoms with Gasteiger partial charge in [-0.25, -0.2) is 4.57 Å². The number of para-hydroxylation sites is 1. The zero-order valence-corrected chi connectivity index (χ0v) is 17.3. The van der Waals surface area contributed by atoms with Gasteiger partial charge >= 0.3 is 0 Å². The van der Waals surface area contributed by atoms with E-state index in [-0.39, 0.29) is 0 Å². The van der Waals surface area contributed by atoms with E-state index < -0.39 is 0 Å². The summed E-state index contributed by atoms with van der Waals surface area (Å²) in [6, 6.07) is 26.7. The standard InChI is InChI=1S/C24H19BrN3O/c25-22-12-6-4-10-19(22)14-27-16-26-28(17-27)15-21-20-11-5-7-13-23(20)29-24(21)18-8-2-1-3-9-18/h1-13,16-17H,14-15H2/q+1. The molecule has 0 aliphatic carbocycles. The molecule has 0 aliphatic rings. The lowest BCUT2D eigenvalue weighted by Crippen LogP contribution is -2.31. The minimum Gasteiger partial charge on any atom is -0.456 e. The highest BCUT2D eigenvalue weighted by molar-refractivity contribution is 9.10. The molecule has 0 spiro atoms. The summed E-state index contributed by atoms with van der Waals surface area (Å²) in [6.45, 7) is 1.41. The van der Waals surface area contributed by atoms with Crippen molar-refractivity contribution in [2.75, 3.05) is 0 Å². The van der Waals surface area contributed by atoms with E-state index in [1.807, 2.05) is 59.8 Å². The van der Waals surface area contributed by atoms with Crippen LogP contribution < -0.4 is 4.57 Å². The Kier molecular flexibility index (Phi) is 4.74. The van der Waals surface area contributed by atoms with E-state index in [9.17, 15) is 0 Å². The second-order valence-corrected chi connectivity index (χ2v) is 7.83. The molecule has 142 valence electrons. The molecule has 0 amide bonds. The number of furan rings is 1. The molecule has 0 unspecified atom stereocenters. The lowest BCUT2D eigenvalue weighted by Gasteiger charge is -2.01. The molecule has 2 aromatic heterocycles. The van der Waals surface area contributed by atoms with Crippen LogP contribution in [-0.2, 0) is 13.1 Å². The molecule has 0 atom stereocenters. The quantitative estimate of drug-likeness (QED) is 0.338. The van der Waals surface area contributed by atoms with E-state index in [0.29, 0.717) is 6.54 Å². The lowest BCUT2D eigenvalue weighted by atomic mass is 10.1. The van der Waals surface area contributed by atoms with Gasteiger partial charge in [-0.15, -0.1) is 4.68 Å². The van der Waals surface area contributed by atoms with Gasteiger partial charge in [0.15, 0.2) is 0 Å². The summed E-state index contributed by atoms with van der Waals surface area (Å²) in [5.41, 5.74) is 4.33. The zero-order valence-electron chi connectivity index (χ0n) is 15.7. The average Bonchev–Trinajstić information content (AvgIpc) is 3.35. The van der Waals surface area contributed by atoms with E-state index in [1.165, 1.54) is 5.56 Å². The molecule has 0 radical (unpaired) electrons. The monoisotopic (exact) mass is 444 g/mol. The SMILES string of the molecule is Brc1ccccc1C[n+]1cnn(Cc2c(-c3ccccc3)oc3ccccc23)c1. The van der Waals surface area contributed by atoms with Crippen LogP contribution >= 0.6 is 15.9 Å². The number of benzene rings is 3. The van der Waals surface area contributed by atoms with Gasteiger partial charge in [0, 0.05) is 31.6 Å². The van der Waals surface area contributed by atoms with Crippen LogP contribution in [0.5, 0.6) is 0 Å². The van der Waals surface area contributed by atoms with Crippen molar-refractivity contribution in [3.05, 3.63) is 107 Å². The van der Waals surface area contributed by atoms with Crippen LogP contribution in [0.3, 0.4) is 0 Å². The molecule has 29 heavy (non-hydrogen) atoms. The third-order valence-electron chi connectivity index (χ3n) is 5.00. The average molecular weight is 445 g/mol. The fourth-order valence-corrected chi connectivity index (χ4v) is 4.00. The van der Waals surface area contributed by atoms with Crippen molar-refractivity contribution in [2.45, 2.75) is 13.1 Å². The van der Waals surface area contributed by atoms with E-state index in [1.54, 1.807) is 0 Å². The van der Waals surface area contributed by atoms with Gasteiger partial charge in [-0.1, -0.05) is 82.7 Å². The Bertz CT molecular complexity index is 1270. The highest BCUT2D eigenvalue weighted by Gasteiger charge is 2.19. The predicted molar refractivity (Wildman–Crippen MR) is 116 cm³/mol. The van der Waals surface area contributed by atoms with E-state index in [2.05, 4.69) is 62.0 Å². The number of fused-ring (bicyclic) bond motifs is 1. The van der Waals surface area contributed by atoms with E-state index in [0.717, 1.165) is 38.9 Å². The van der Waals surface area contributed by atoms with Gasteiger partial charge in [0.25, 0.3) is 6.33 Å². The second-order valence-electron chi connectivity index (χ2n) is 6.98. The molecule has 5 aromatic rings. The minimum absolute atomic E-state index is 0.643. The van der Waals surface area contributed by atoms with Crippen molar-refractivity contribution in [3.8, 4) is 11.3 Å². The maximum atomic E-state index is 6.22. The number of hydrogen-bond donors (Lipinski definition) is 0. The van der Waals surface area contributed by atoms with Gasteiger partial charge in [0.2, 0.25) is 6.33 Å². The molecule has 0 bridgehead atoms. The summed E-state index contributed by atoms with van der Waals surface area (Å²) in [5, 5.41) is 5.71. The van der Waals surface area contributed by atoms with Crippen LogP contribution in [0, 0.1) is 0 Å². The van der Waals surface area contributed by atoms with Crippen molar-refractivity contribution in [1.82, 2.24) is 9.78 Å². The van der Waals surface area contributed by atoms with Crippen LogP contribution in [0.4, 0.5) is 0 Å². The molecular formula is C24H19BrN3O+. The highest BCUT2D eigenvalue weighted by atomic mass is 79.9. The summed E-state index contributed by atoms with van der Waals surface area (Å²) in [7, 11) is 0. The van der Waals surface area contributed by atoms with Crippen molar-refractivity contribution >= 4 is 26.9 Å². The van der Waals surface area contributed by atoms with Crippen LogP contribution in [0.1, 0.15) is 11.1 Å². The van der Waals surface area contributed by atoms with Gasteiger partial charge in [0.05, 0.1) is 6.54 Å². The van der Waals surface area contributed by atoms with Gasteiger partial charge in [0.1, 0.15) is 17.9 Å². The first-order valence-corrected chi connectivity index (χ1v) is 10.3. The van der Waals surface area contributed by atoms with Gasteiger partial charge in [-0.3, -0.25) is 0 Å². The minimum atomic E-state index is 0.643. The smallest absolute Gasteiger partial charge is 0.265 e. The number of rotatable bonds is 5. The van der Waals surface area contributed by atoms with Crippen molar-refractivity contribution in [1.29, 1.82) is 0 Å². The normalized spacial score (nSPS) is 11.2. The Balaban J connectivity index is 1.49. The third kappa shape index (κ3) is 3.61. The molecule has 3 aromatic carbocycles. The molecule has 2 heterocycles. The zero-order chi connectivity index (χ0) is 19.6. The summed E-state index contributed by atoms with van der Waals surface area (Å²) in [4.78, 5) is 0. The first kappa shape index (κ1) is 17.9. The third-order valence-corrected chi connectivity index (χ3v) is 5.77. The molecule has 5 rings (SSSR count). The number of halogens is 1. The summed E-state index contributed by atoms with van der Waals surface area (Å²) in [5.74, 6) is 0.902. The summed E-state index contributed by atoms with van der Waals surface area (Å²) < 4.78 is 11.4. The van der Waals surface area contributed by atoms with Crippen LogP contribution in [0.15, 0.2) is 100 Å². The number of hydrogen-bond acceptors (Lipinski definition) is 2. The number of nitrogens with zero attached hydrogens (tertiary/aromatic N) is 3. The van der Waals surface area contributed by atoms with Crippen LogP contribution in [-0.4, -0.2) is 9.78 Å². The van der Waals surface area contributed by atoms with E-state index >= 15 is 0 Å². The molecule has 0 fully saturated rings. The molecule has 5 heteroatoms. The Morgan fingerprint density at radius 1 is 0.897 bits per heavy atom. The van der Waals surface area contributed by atoms with Crippen LogP contribution in [0.2, 0.25) is 0 Å². The molecule has 0 saturated heterocycles. The number of aromatic nitrogens is 3. The Morgan fingerprint density at radius 2 is 1.66 bits per heavy atom. The van der Waals surface area contributed by atoms with Crippen molar-refractivity contribution < 1.29 is 8.98 Å². The molecule has 0 saturated carbocycles. The molecule has 0 aliphatic heterocycles. The van der Waals surface area contributed by atoms with Gasteiger partial charge in [-0.2, -0.15) is 0 Å². The molecule has 4 nitrogen and oxygen atoms in total. The van der Waals surface area contributed by atoms with Gasteiger partial charge in [-0.05, 0) is 12.1 Å². The first-order valence-electron chi connectivity index (χ1n) is 9.48. The fraction of sp³-hybridized carbons (Fsp3) is 0.0833. The van der Waals surface area contributed by atoms with E-state index in [4.69, 9.17) is 4.42 Å². The van der Waals surface area contributed by atoms with Crippen molar-refractivity contribution in [2.24, 2.45) is 0 Å². The first-order chi connectivity index (χ1) is 14.3. The van der Waals surface area contributed by atoms with Crippen LogP contribution in [0.25, 0.3) is 22.3 Å². The van der Waals surface area contributed by atoms with Gasteiger partial charge < -0.3 is 4.42 Å². The Hall–Kier alpha value is -3.18. The highest BCUT2D eigenvalue weighted by Crippen LogP contribution is 2.33. The van der Waals surface area contributed by atoms with Crippen molar-refractivity contribution in [3.63, 3.8) is 0 Å². The summed E-state index contributed by atoms with van der Waals surface area (Å²) >= 11 is 3.62. The Labute approximate surface area is 177 Å². The molecular weight excluding hydrogens is 426 g/mol. The largest absolute Gasteiger partial charge is 0.456 e. The Morgan fingerprint density at radius 3 is 2.52 bits per heavy atom. The molecule has 0 N–H and O–H groups in total. The maximum absolute atomic E-state index is 6.22. The topological polar surface area (TPSA) is 34.8 Å². The predicted octanol–water partition coefficient (Wildman–Crippen LogP) is 5.44. The lowest BCUT2D eigenvalue weighted by molar-refractivity contribution is -0.689. The maximum Gasteiger partial charge on any atom is 0.265 e. The fourth-order valence-electron chi connectivity index (χ4n) is 3.59. The summed E-state index contributed by atoms with van der Waals surface area (Å²) in [6.07, 6.45) is 3.90. The second kappa shape index (κ2) is 7.68.